The molecule has 2 aromatic rings. The molecule has 3 heterocycles. The second-order valence-electron chi connectivity index (χ2n) is 6.08. The number of hydrogen-bond acceptors (Lipinski definition) is 6. The number of primary amides is 1. The van der Waals surface area contributed by atoms with E-state index in [-0.39, 0.29) is 5.69 Å². The van der Waals surface area contributed by atoms with E-state index in [2.05, 4.69) is 20.0 Å². The molecule has 2 aromatic heterocycles. The van der Waals surface area contributed by atoms with Crippen LogP contribution < -0.4 is 5.73 Å². The number of aromatic nitrogens is 4. The van der Waals surface area contributed by atoms with Gasteiger partial charge in [0, 0.05) is 45.0 Å². The highest BCUT2D eigenvalue weighted by Gasteiger charge is 2.20. The molecule has 128 valence electrons. The fraction of sp³-hybridized carbons (Fsp3) is 0.500. The molecule has 0 bridgehead atoms. The minimum Gasteiger partial charge on any atom is -0.380 e. The normalized spacial score (nSPS) is 19.1. The van der Waals surface area contributed by atoms with Gasteiger partial charge in [0.15, 0.2) is 0 Å². The van der Waals surface area contributed by atoms with Gasteiger partial charge in [-0.25, -0.2) is 4.98 Å². The average Bonchev–Trinajstić information content (AvgIpc) is 2.83. The Balaban J connectivity index is 1.62. The largest absolute Gasteiger partial charge is 0.380 e. The number of carbonyl (C=O) groups excluding carboxylic acids is 1. The first kappa shape index (κ1) is 16.5. The van der Waals surface area contributed by atoms with Crippen LogP contribution in [0.2, 0.25) is 0 Å². The maximum atomic E-state index is 11.1. The van der Waals surface area contributed by atoms with Gasteiger partial charge < -0.3 is 10.5 Å². The number of amides is 1. The molecule has 0 unspecified atom stereocenters. The summed E-state index contributed by atoms with van der Waals surface area (Å²) in [6.45, 7) is 4.09. The SMILES string of the molecule is Cn1nccc1CN1CCOC[C@@H](Cc2cnc(C(N)=O)cn2)C1. The zero-order chi connectivity index (χ0) is 16.9. The number of hydrogen-bond donors (Lipinski definition) is 1. The van der Waals surface area contributed by atoms with E-state index in [1.807, 2.05) is 24.0 Å². The van der Waals surface area contributed by atoms with E-state index in [9.17, 15) is 4.79 Å². The Labute approximate surface area is 140 Å². The molecule has 2 N–H and O–H groups in total. The molecule has 24 heavy (non-hydrogen) atoms. The second-order valence-corrected chi connectivity index (χ2v) is 6.08. The quantitative estimate of drug-likeness (QED) is 0.828. The van der Waals surface area contributed by atoms with Gasteiger partial charge in [-0.05, 0) is 12.5 Å². The van der Waals surface area contributed by atoms with E-state index in [1.54, 1.807) is 6.20 Å². The van der Waals surface area contributed by atoms with Crippen molar-refractivity contribution in [3.05, 3.63) is 41.7 Å². The average molecular weight is 330 g/mol. The minimum atomic E-state index is -0.561. The number of nitrogens with two attached hydrogens (primary N) is 1. The van der Waals surface area contributed by atoms with E-state index in [0.717, 1.165) is 38.4 Å². The summed E-state index contributed by atoms with van der Waals surface area (Å²) in [5.41, 5.74) is 7.40. The fourth-order valence-corrected chi connectivity index (χ4v) is 2.89. The molecule has 3 rings (SSSR count). The Bertz CT molecular complexity index is 684. The van der Waals surface area contributed by atoms with E-state index in [1.165, 1.54) is 11.9 Å². The van der Waals surface area contributed by atoms with Crippen LogP contribution in [-0.4, -0.2) is 56.9 Å². The lowest BCUT2D eigenvalue weighted by Crippen LogP contribution is -2.31. The molecular weight excluding hydrogens is 308 g/mol. The highest BCUT2D eigenvalue weighted by atomic mass is 16.5. The van der Waals surface area contributed by atoms with Crippen LogP contribution in [0.3, 0.4) is 0 Å². The summed E-state index contributed by atoms with van der Waals surface area (Å²) in [4.78, 5) is 21.8. The van der Waals surface area contributed by atoms with Crippen LogP contribution in [0.1, 0.15) is 21.9 Å². The monoisotopic (exact) mass is 330 g/mol. The summed E-state index contributed by atoms with van der Waals surface area (Å²) in [5, 5.41) is 4.22. The van der Waals surface area contributed by atoms with E-state index in [0.29, 0.717) is 12.5 Å². The van der Waals surface area contributed by atoms with Crippen LogP contribution in [0.15, 0.2) is 24.7 Å². The summed E-state index contributed by atoms with van der Waals surface area (Å²) < 4.78 is 7.63. The van der Waals surface area contributed by atoms with Gasteiger partial charge in [-0.1, -0.05) is 0 Å². The first-order chi connectivity index (χ1) is 11.6. The molecule has 1 amide bonds. The van der Waals surface area contributed by atoms with Crippen LogP contribution in [0.4, 0.5) is 0 Å². The predicted molar refractivity (Wildman–Crippen MR) is 87.0 cm³/mol. The van der Waals surface area contributed by atoms with Crippen molar-refractivity contribution in [1.82, 2.24) is 24.6 Å². The van der Waals surface area contributed by atoms with E-state index in [4.69, 9.17) is 10.5 Å². The van der Waals surface area contributed by atoms with Gasteiger partial charge in [-0.15, -0.1) is 0 Å². The number of aryl methyl sites for hydroxylation is 1. The van der Waals surface area contributed by atoms with Gasteiger partial charge >= 0.3 is 0 Å². The van der Waals surface area contributed by atoms with Crippen molar-refractivity contribution in [2.24, 2.45) is 18.7 Å². The Morgan fingerprint density at radius 2 is 2.29 bits per heavy atom. The van der Waals surface area contributed by atoms with Crippen LogP contribution in [-0.2, 0) is 24.8 Å². The molecule has 0 aliphatic carbocycles. The third kappa shape index (κ3) is 4.15. The van der Waals surface area contributed by atoms with Crippen LogP contribution in [0.5, 0.6) is 0 Å². The van der Waals surface area contributed by atoms with Gasteiger partial charge in [-0.3, -0.25) is 19.4 Å². The van der Waals surface area contributed by atoms with Crippen molar-refractivity contribution in [3.8, 4) is 0 Å². The van der Waals surface area contributed by atoms with E-state index < -0.39 is 5.91 Å². The number of nitrogens with zero attached hydrogens (tertiary/aromatic N) is 5. The van der Waals surface area contributed by atoms with Gasteiger partial charge in [0.25, 0.3) is 5.91 Å². The summed E-state index contributed by atoms with van der Waals surface area (Å²) in [6, 6.07) is 2.04. The van der Waals surface area contributed by atoms with Crippen molar-refractivity contribution in [2.75, 3.05) is 26.3 Å². The van der Waals surface area contributed by atoms with Gasteiger partial charge in [0.05, 0.1) is 30.8 Å². The van der Waals surface area contributed by atoms with Gasteiger partial charge in [0.1, 0.15) is 5.69 Å². The molecule has 1 aliphatic heterocycles. The lowest BCUT2D eigenvalue weighted by Gasteiger charge is -2.23. The van der Waals surface area contributed by atoms with Crippen LogP contribution in [0.25, 0.3) is 0 Å². The lowest BCUT2D eigenvalue weighted by atomic mass is 10.0. The minimum absolute atomic E-state index is 0.189. The molecule has 8 heteroatoms. The maximum absolute atomic E-state index is 11.1. The van der Waals surface area contributed by atoms with Crippen LogP contribution in [0, 0.1) is 5.92 Å². The van der Waals surface area contributed by atoms with Crippen LogP contribution >= 0.6 is 0 Å². The lowest BCUT2D eigenvalue weighted by molar-refractivity contribution is 0.0995. The summed E-state index contributed by atoms with van der Waals surface area (Å²) in [7, 11) is 1.96. The van der Waals surface area contributed by atoms with E-state index >= 15 is 0 Å². The van der Waals surface area contributed by atoms with Crippen molar-refractivity contribution in [1.29, 1.82) is 0 Å². The van der Waals surface area contributed by atoms with Crippen molar-refractivity contribution in [3.63, 3.8) is 0 Å². The molecule has 1 fully saturated rings. The third-order valence-corrected chi connectivity index (χ3v) is 4.19. The smallest absolute Gasteiger partial charge is 0.268 e. The topological polar surface area (TPSA) is 99.2 Å². The van der Waals surface area contributed by atoms with Crippen molar-refractivity contribution < 1.29 is 9.53 Å². The molecule has 0 saturated carbocycles. The molecular formula is C16H22N6O2. The number of carbonyl (C=O) groups is 1. The second kappa shape index (κ2) is 7.50. The van der Waals surface area contributed by atoms with Crippen molar-refractivity contribution in [2.45, 2.75) is 13.0 Å². The summed E-state index contributed by atoms with van der Waals surface area (Å²) >= 11 is 0. The Hall–Kier alpha value is -2.32. The molecule has 0 radical (unpaired) electrons. The summed E-state index contributed by atoms with van der Waals surface area (Å²) in [5.74, 6) is -0.233. The Morgan fingerprint density at radius 3 is 2.96 bits per heavy atom. The molecule has 1 saturated heterocycles. The highest BCUT2D eigenvalue weighted by molar-refractivity contribution is 5.90. The molecule has 8 nitrogen and oxygen atoms in total. The number of rotatable bonds is 5. The first-order valence-electron chi connectivity index (χ1n) is 7.99. The highest BCUT2D eigenvalue weighted by Crippen LogP contribution is 2.14. The standard InChI is InChI=1S/C16H22N6O2/c1-21-14(2-3-20-21)10-22-4-5-24-11-12(9-22)6-13-7-19-15(8-18-13)16(17)23/h2-3,7-8,12H,4-6,9-11H2,1H3,(H2,17,23)/t12-/m0/s1. The zero-order valence-electron chi connectivity index (χ0n) is 13.8. The molecule has 0 spiro atoms. The Kier molecular flexibility index (Phi) is 5.17. The summed E-state index contributed by atoms with van der Waals surface area (Å²) in [6.07, 6.45) is 5.63. The molecule has 1 aliphatic rings. The maximum Gasteiger partial charge on any atom is 0.268 e. The van der Waals surface area contributed by atoms with Gasteiger partial charge in [0.2, 0.25) is 0 Å². The number of ether oxygens (including phenoxy) is 1. The Morgan fingerprint density at radius 1 is 1.42 bits per heavy atom. The predicted octanol–water partition coefficient (Wildman–Crippen LogP) is 0.000100. The molecule has 0 aromatic carbocycles. The molecule has 1 atom stereocenters. The zero-order valence-corrected chi connectivity index (χ0v) is 13.8. The van der Waals surface area contributed by atoms with Gasteiger partial charge in [-0.2, -0.15) is 5.10 Å². The first-order valence-corrected chi connectivity index (χ1v) is 7.99. The van der Waals surface area contributed by atoms with Crippen molar-refractivity contribution >= 4 is 5.91 Å². The fourth-order valence-electron chi connectivity index (χ4n) is 2.89. The third-order valence-electron chi connectivity index (χ3n) is 4.19.